The zero-order chi connectivity index (χ0) is 12.5. The van der Waals surface area contributed by atoms with Crippen LogP contribution in [0.25, 0.3) is 0 Å². The maximum absolute atomic E-state index is 12.3. The molecule has 0 bridgehead atoms. The molecule has 0 saturated carbocycles. The number of rotatable bonds is 2. The summed E-state index contributed by atoms with van der Waals surface area (Å²) in [5.41, 5.74) is 3.46. The summed E-state index contributed by atoms with van der Waals surface area (Å²) >= 11 is 0. The summed E-state index contributed by atoms with van der Waals surface area (Å²) in [5, 5.41) is 12.4. The first kappa shape index (κ1) is 12.3. The summed E-state index contributed by atoms with van der Waals surface area (Å²) in [6.45, 7) is 0. The molecule has 0 aliphatic heterocycles. The van der Waals surface area contributed by atoms with Gasteiger partial charge in [-0.1, -0.05) is 0 Å². The highest BCUT2D eigenvalue weighted by Gasteiger charge is 2.22. The fourth-order valence-corrected chi connectivity index (χ4v) is 1.67. The Bertz CT molecular complexity index is 564. The fraction of sp³-hybridized carbons (Fsp3) is 0.143. The molecular formula is C7H6F2N4O2S. The second-order valence-corrected chi connectivity index (χ2v) is 4.25. The molecule has 4 N–H and O–H groups in total. The van der Waals surface area contributed by atoms with Crippen LogP contribution in [0, 0.1) is 11.3 Å². The fourth-order valence-electron chi connectivity index (χ4n) is 0.990. The van der Waals surface area contributed by atoms with Crippen LogP contribution in [-0.4, -0.2) is 13.4 Å². The Hall–Kier alpha value is -1.79. The van der Waals surface area contributed by atoms with Crippen LogP contribution < -0.4 is 10.9 Å². The number of sulfonamides is 1. The quantitative estimate of drug-likeness (QED) is 0.769. The van der Waals surface area contributed by atoms with Crippen molar-refractivity contribution in [1.82, 2.24) is 4.98 Å². The van der Waals surface area contributed by atoms with Gasteiger partial charge >= 0.3 is 0 Å². The van der Waals surface area contributed by atoms with Crippen molar-refractivity contribution in [3.05, 3.63) is 17.3 Å². The number of nitrogen functional groups attached to an aromatic ring is 1. The Morgan fingerprint density at radius 3 is 2.44 bits per heavy atom. The Morgan fingerprint density at radius 2 is 2.06 bits per heavy atom. The molecule has 16 heavy (non-hydrogen) atoms. The lowest BCUT2D eigenvalue weighted by atomic mass is 10.2. The van der Waals surface area contributed by atoms with Crippen molar-refractivity contribution in [2.24, 2.45) is 5.14 Å². The van der Waals surface area contributed by atoms with E-state index < -0.39 is 38.4 Å². The lowest BCUT2D eigenvalue weighted by Gasteiger charge is -2.06. The van der Waals surface area contributed by atoms with Gasteiger partial charge in [0, 0.05) is 0 Å². The van der Waals surface area contributed by atoms with Crippen molar-refractivity contribution < 1.29 is 17.2 Å². The van der Waals surface area contributed by atoms with Crippen LogP contribution in [0.3, 0.4) is 0 Å². The van der Waals surface area contributed by atoms with Crippen LogP contribution in [0.4, 0.5) is 14.5 Å². The van der Waals surface area contributed by atoms with Gasteiger partial charge in [-0.2, -0.15) is 5.26 Å². The van der Waals surface area contributed by atoms with Crippen LogP contribution in [0.2, 0.25) is 0 Å². The average molecular weight is 248 g/mol. The third-order valence-electron chi connectivity index (χ3n) is 1.64. The van der Waals surface area contributed by atoms with Crippen molar-refractivity contribution in [2.75, 3.05) is 5.73 Å². The number of halogens is 2. The Balaban J connectivity index is 3.64. The first-order valence-electron chi connectivity index (χ1n) is 3.79. The molecule has 0 aliphatic rings. The monoisotopic (exact) mass is 248 g/mol. The van der Waals surface area contributed by atoms with Crippen molar-refractivity contribution in [2.45, 2.75) is 11.5 Å². The third kappa shape index (κ3) is 2.23. The number of aromatic nitrogens is 1. The second kappa shape index (κ2) is 3.99. The molecule has 1 aromatic rings. The molecule has 0 spiro atoms. The van der Waals surface area contributed by atoms with Gasteiger partial charge in [-0.15, -0.1) is 0 Å². The van der Waals surface area contributed by atoms with Crippen LogP contribution in [0.1, 0.15) is 17.7 Å². The SMILES string of the molecule is N#Cc1c(N)cc(C(F)F)nc1S(N)(=O)=O. The highest BCUT2D eigenvalue weighted by atomic mass is 32.2. The van der Waals surface area contributed by atoms with E-state index in [1.54, 1.807) is 0 Å². The normalized spacial score (nSPS) is 11.4. The molecule has 0 atom stereocenters. The molecule has 9 heteroatoms. The van der Waals surface area contributed by atoms with Gasteiger partial charge in [0.05, 0.1) is 5.69 Å². The predicted molar refractivity (Wildman–Crippen MR) is 49.7 cm³/mol. The number of hydrogen-bond acceptors (Lipinski definition) is 5. The third-order valence-corrected chi connectivity index (χ3v) is 2.48. The summed E-state index contributed by atoms with van der Waals surface area (Å²) in [4.78, 5) is 3.11. The van der Waals surface area contributed by atoms with Gasteiger partial charge in [-0.25, -0.2) is 27.3 Å². The van der Waals surface area contributed by atoms with Crippen LogP contribution in [0.5, 0.6) is 0 Å². The lowest BCUT2D eigenvalue weighted by Crippen LogP contribution is -2.18. The van der Waals surface area contributed by atoms with E-state index in [0.29, 0.717) is 0 Å². The van der Waals surface area contributed by atoms with Crippen molar-refractivity contribution in [1.29, 1.82) is 5.26 Å². The molecule has 0 saturated heterocycles. The number of pyridine rings is 1. The van der Waals surface area contributed by atoms with Gasteiger partial charge in [-0.05, 0) is 6.07 Å². The van der Waals surface area contributed by atoms with E-state index in [1.807, 2.05) is 0 Å². The van der Waals surface area contributed by atoms with Gasteiger partial charge in [-0.3, -0.25) is 0 Å². The number of nitrogens with two attached hydrogens (primary N) is 2. The number of hydrogen-bond donors (Lipinski definition) is 2. The number of anilines is 1. The molecule has 0 unspecified atom stereocenters. The maximum atomic E-state index is 12.3. The van der Waals surface area contributed by atoms with E-state index in [1.165, 1.54) is 6.07 Å². The molecule has 6 nitrogen and oxygen atoms in total. The van der Waals surface area contributed by atoms with Gasteiger partial charge in [0.2, 0.25) is 0 Å². The van der Waals surface area contributed by atoms with E-state index in [9.17, 15) is 17.2 Å². The zero-order valence-corrected chi connectivity index (χ0v) is 8.50. The average Bonchev–Trinajstić information content (AvgIpc) is 2.14. The molecule has 86 valence electrons. The molecule has 0 aliphatic carbocycles. The molecule has 1 aromatic heterocycles. The largest absolute Gasteiger partial charge is 0.398 e. The summed E-state index contributed by atoms with van der Waals surface area (Å²) in [7, 11) is -4.37. The van der Waals surface area contributed by atoms with E-state index in [0.717, 1.165) is 6.07 Å². The summed E-state index contributed by atoms with van der Waals surface area (Å²) in [6.07, 6.45) is -3.00. The minimum absolute atomic E-state index is 0.406. The van der Waals surface area contributed by atoms with Crippen molar-refractivity contribution >= 4 is 15.7 Å². The standard InChI is InChI=1S/C7H6F2N4O2S/c8-6(9)5-1-4(11)3(2-10)7(13-5)16(12,14)15/h1,6H,(H2,11,13)(H2,12,14,15). The molecule has 1 heterocycles. The van der Waals surface area contributed by atoms with E-state index >= 15 is 0 Å². The zero-order valence-electron chi connectivity index (χ0n) is 7.68. The summed E-state index contributed by atoms with van der Waals surface area (Å²) in [6, 6.07) is 2.18. The minimum atomic E-state index is -4.37. The van der Waals surface area contributed by atoms with Gasteiger partial charge < -0.3 is 5.73 Å². The van der Waals surface area contributed by atoms with Gasteiger partial charge in [0.15, 0.2) is 5.03 Å². The number of nitrogens with zero attached hydrogens (tertiary/aromatic N) is 2. The smallest absolute Gasteiger partial charge is 0.280 e. The molecule has 1 rings (SSSR count). The second-order valence-electron chi connectivity index (χ2n) is 2.77. The van der Waals surface area contributed by atoms with Crippen LogP contribution in [0.15, 0.2) is 11.1 Å². The lowest BCUT2D eigenvalue weighted by molar-refractivity contribution is 0.145. The number of nitriles is 1. The summed E-state index contributed by atoms with van der Waals surface area (Å²) in [5.74, 6) is 0. The highest BCUT2D eigenvalue weighted by molar-refractivity contribution is 7.89. The maximum Gasteiger partial charge on any atom is 0.280 e. The van der Waals surface area contributed by atoms with Crippen molar-refractivity contribution in [3.63, 3.8) is 0 Å². The first-order chi connectivity index (χ1) is 7.27. The van der Waals surface area contributed by atoms with E-state index in [4.69, 9.17) is 16.1 Å². The Labute approximate surface area is 89.5 Å². The molecule has 0 fully saturated rings. The minimum Gasteiger partial charge on any atom is -0.398 e. The molecule has 0 amide bonds. The summed E-state index contributed by atoms with van der Waals surface area (Å²) < 4.78 is 46.6. The topological polar surface area (TPSA) is 123 Å². The Morgan fingerprint density at radius 1 is 1.50 bits per heavy atom. The highest BCUT2D eigenvalue weighted by Crippen LogP contribution is 2.24. The number of alkyl halides is 2. The molecular weight excluding hydrogens is 242 g/mol. The first-order valence-corrected chi connectivity index (χ1v) is 5.33. The molecule has 0 aromatic carbocycles. The molecule has 0 radical (unpaired) electrons. The Kier molecular flexibility index (Phi) is 3.06. The van der Waals surface area contributed by atoms with Crippen molar-refractivity contribution in [3.8, 4) is 6.07 Å². The van der Waals surface area contributed by atoms with Gasteiger partial charge in [0.1, 0.15) is 17.3 Å². The van der Waals surface area contributed by atoms with E-state index in [2.05, 4.69) is 4.98 Å². The number of primary sulfonamides is 1. The predicted octanol–water partition coefficient (Wildman–Crippen LogP) is 0.120. The van der Waals surface area contributed by atoms with Crippen LogP contribution in [-0.2, 0) is 10.0 Å². The van der Waals surface area contributed by atoms with Gasteiger partial charge in [0.25, 0.3) is 16.4 Å². The van der Waals surface area contributed by atoms with Crippen LogP contribution >= 0.6 is 0 Å². The van der Waals surface area contributed by atoms with E-state index in [-0.39, 0.29) is 0 Å².